The van der Waals surface area contributed by atoms with E-state index in [9.17, 15) is 4.79 Å². The number of hydrogen-bond donors (Lipinski definition) is 1. The van der Waals surface area contributed by atoms with E-state index in [1.165, 1.54) is 0 Å². The van der Waals surface area contributed by atoms with Crippen LogP contribution in [0.15, 0.2) is 22.7 Å². The predicted molar refractivity (Wildman–Crippen MR) is 86.1 cm³/mol. The van der Waals surface area contributed by atoms with Crippen molar-refractivity contribution in [1.29, 1.82) is 0 Å². The van der Waals surface area contributed by atoms with E-state index in [2.05, 4.69) is 5.16 Å². The lowest BCUT2D eigenvalue weighted by atomic mass is 9.99. The van der Waals surface area contributed by atoms with Crippen LogP contribution in [0, 0.1) is 6.92 Å². The number of fused-ring (bicyclic) bond motifs is 1. The Morgan fingerprint density at radius 2 is 2.32 bits per heavy atom. The van der Waals surface area contributed by atoms with Gasteiger partial charge in [-0.05, 0) is 55.5 Å². The third kappa shape index (κ3) is 2.68. The number of carbonyl (C=O) groups is 1. The van der Waals surface area contributed by atoms with Crippen LogP contribution in [0.2, 0.25) is 5.22 Å². The van der Waals surface area contributed by atoms with Crippen molar-refractivity contribution in [3.63, 3.8) is 0 Å². The van der Waals surface area contributed by atoms with Crippen molar-refractivity contribution in [3.05, 3.63) is 40.2 Å². The number of nitrogens with two attached hydrogens (primary N) is 1. The molecule has 116 valence electrons. The first kappa shape index (κ1) is 14.9. The van der Waals surface area contributed by atoms with Crippen LogP contribution in [0.4, 0.5) is 11.4 Å². The van der Waals surface area contributed by atoms with Gasteiger partial charge in [0.1, 0.15) is 0 Å². The van der Waals surface area contributed by atoms with Gasteiger partial charge in [-0.25, -0.2) is 0 Å². The van der Waals surface area contributed by atoms with Crippen LogP contribution in [-0.4, -0.2) is 17.6 Å². The van der Waals surface area contributed by atoms with Crippen molar-refractivity contribution in [2.75, 3.05) is 17.2 Å². The number of rotatable bonds is 3. The zero-order valence-electron chi connectivity index (χ0n) is 12.4. The number of carbonyl (C=O) groups excluding carboxylic acids is 1. The van der Waals surface area contributed by atoms with Gasteiger partial charge in [-0.3, -0.25) is 4.79 Å². The van der Waals surface area contributed by atoms with E-state index in [0.29, 0.717) is 12.8 Å². The molecule has 22 heavy (non-hydrogen) atoms. The fourth-order valence-corrected chi connectivity index (χ4v) is 3.18. The lowest BCUT2D eigenvalue weighted by Gasteiger charge is -2.30. The number of hydrogen-bond acceptors (Lipinski definition) is 4. The van der Waals surface area contributed by atoms with Crippen LogP contribution >= 0.6 is 11.6 Å². The standard InChI is InChI=1S/C16H18ClN3O2/c1-10-11(16(17)22-19-10)7-8-15(21)20-9-3-4-12-13(18)5-2-6-14(12)20/h2,5-6H,3-4,7-9,18H2,1H3. The van der Waals surface area contributed by atoms with Gasteiger partial charge in [0.25, 0.3) is 0 Å². The minimum Gasteiger partial charge on any atom is -0.398 e. The van der Waals surface area contributed by atoms with E-state index in [0.717, 1.165) is 47.6 Å². The van der Waals surface area contributed by atoms with E-state index >= 15 is 0 Å². The summed E-state index contributed by atoms with van der Waals surface area (Å²) in [5.41, 5.74) is 10.3. The highest BCUT2D eigenvalue weighted by Gasteiger charge is 2.24. The molecule has 2 aromatic rings. The Hall–Kier alpha value is -2.01. The molecule has 1 aromatic carbocycles. The fourth-order valence-electron chi connectivity index (χ4n) is 2.92. The average Bonchev–Trinajstić information content (AvgIpc) is 2.83. The Bertz CT molecular complexity index is 692. The van der Waals surface area contributed by atoms with Gasteiger partial charge in [0, 0.05) is 29.9 Å². The summed E-state index contributed by atoms with van der Waals surface area (Å²) in [7, 11) is 0. The number of aromatic nitrogens is 1. The summed E-state index contributed by atoms with van der Waals surface area (Å²) < 4.78 is 4.92. The molecular weight excluding hydrogens is 302 g/mol. The predicted octanol–water partition coefficient (Wildman–Crippen LogP) is 3.13. The number of aryl methyl sites for hydroxylation is 1. The summed E-state index contributed by atoms with van der Waals surface area (Å²) in [6.45, 7) is 2.55. The summed E-state index contributed by atoms with van der Waals surface area (Å²) in [5, 5.41) is 4.08. The molecular formula is C16H18ClN3O2. The van der Waals surface area contributed by atoms with Crippen LogP contribution in [0.25, 0.3) is 0 Å². The van der Waals surface area contributed by atoms with E-state index in [-0.39, 0.29) is 11.1 Å². The quantitative estimate of drug-likeness (QED) is 0.882. The monoisotopic (exact) mass is 319 g/mol. The Kier molecular flexibility index (Phi) is 4.07. The summed E-state index contributed by atoms with van der Waals surface area (Å²) in [5.74, 6) is 0.0724. The van der Waals surface area contributed by atoms with Crippen molar-refractivity contribution in [3.8, 4) is 0 Å². The maximum atomic E-state index is 12.6. The molecule has 0 fully saturated rings. The minimum atomic E-state index is 0.0724. The molecule has 0 radical (unpaired) electrons. The van der Waals surface area contributed by atoms with Gasteiger partial charge < -0.3 is 15.2 Å². The molecule has 0 saturated carbocycles. The summed E-state index contributed by atoms with van der Waals surface area (Å²) in [6, 6.07) is 5.73. The minimum absolute atomic E-state index is 0.0724. The molecule has 0 saturated heterocycles. The molecule has 0 bridgehead atoms. The Morgan fingerprint density at radius 3 is 3.05 bits per heavy atom. The van der Waals surface area contributed by atoms with E-state index in [1.807, 2.05) is 30.0 Å². The molecule has 1 aliphatic heterocycles. The van der Waals surface area contributed by atoms with Crippen molar-refractivity contribution < 1.29 is 9.32 Å². The lowest BCUT2D eigenvalue weighted by Crippen LogP contribution is -2.35. The summed E-state index contributed by atoms with van der Waals surface area (Å²) in [6.07, 6.45) is 2.75. The van der Waals surface area contributed by atoms with Gasteiger partial charge in [-0.1, -0.05) is 11.2 Å². The number of anilines is 2. The van der Waals surface area contributed by atoms with Crippen molar-refractivity contribution in [1.82, 2.24) is 5.16 Å². The third-order valence-corrected chi connectivity index (χ3v) is 4.41. The maximum Gasteiger partial charge on any atom is 0.229 e. The van der Waals surface area contributed by atoms with Gasteiger partial charge in [-0.15, -0.1) is 0 Å². The smallest absolute Gasteiger partial charge is 0.229 e. The van der Waals surface area contributed by atoms with E-state index < -0.39 is 0 Å². The first-order chi connectivity index (χ1) is 10.6. The highest BCUT2D eigenvalue weighted by molar-refractivity contribution is 6.29. The third-order valence-electron chi connectivity index (χ3n) is 4.11. The molecule has 1 aromatic heterocycles. The first-order valence-electron chi connectivity index (χ1n) is 7.36. The van der Waals surface area contributed by atoms with Gasteiger partial charge in [0.05, 0.1) is 5.69 Å². The molecule has 1 amide bonds. The van der Waals surface area contributed by atoms with Gasteiger partial charge >= 0.3 is 0 Å². The zero-order valence-corrected chi connectivity index (χ0v) is 13.2. The molecule has 1 aliphatic rings. The summed E-state index contributed by atoms with van der Waals surface area (Å²) >= 11 is 5.95. The van der Waals surface area contributed by atoms with Gasteiger partial charge in [0.15, 0.2) is 0 Å². The average molecular weight is 320 g/mol. The number of amides is 1. The molecule has 2 heterocycles. The zero-order chi connectivity index (χ0) is 15.7. The topological polar surface area (TPSA) is 72.4 Å². The fraction of sp³-hybridized carbons (Fsp3) is 0.375. The second-order valence-corrected chi connectivity index (χ2v) is 5.86. The Balaban J connectivity index is 1.76. The SMILES string of the molecule is Cc1noc(Cl)c1CCC(=O)N1CCCc2c(N)cccc21. The number of halogens is 1. The molecule has 5 nitrogen and oxygen atoms in total. The number of nitrogen functional groups attached to an aromatic ring is 1. The number of benzene rings is 1. The molecule has 0 aliphatic carbocycles. The Morgan fingerprint density at radius 1 is 1.50 bits per heavy atom. The second-order valence-electron chi connectivity index (χ2n) is 5.51. The molecule has 3 rings (SSSR count). The van der Waals surface area contributed by atoms with Crippen molar-refractivity contribution in [2.24, 2.45) is 0 Å². The van der Waals surface area contributed by atoms with Gasteiger partial charge in [0.2, 0.25) is 11.1 Å². The van der Waals surface area contributed by atoms with E-state index in [1.54, 1.807) is 0 Å². The Labute approximate surface area is 134 Å². The molecule has 6 heteroatoms. The highest BCUT2D eigenvalue weighted by atomic mass is 35.5. The highest BCUT2D eigenvalue weighted by Crippen LogP contribution is 2.32. The molecule has 0 atom stereocenters. The van der Waals surface area contributed by atoms with Gasteiger partial charge in [-0.2, -0.15) is 0 Å². The largest absolute Gasteiger partial charge is 0.398 e. The first-order valence-corrected chi connectivity index (χ1v) is 7.74. The van der Waals surface area contributed by atoms with Crippen LogP contribution in [0.5, 0.6) is 0 Å². The van der Waals surface area contributed by atoms with Crippen LogP contribution < -0.4 is 10.6 Å². The van der Waals surface area contributed by atoms with Crippen molar-refractivity contribution >= 4 is 28.9 Å². The maximum absolute atomic E-state index is 12.6. The normalized spacial score (nSPS) is 14.0. The molecule has 0 unspecified atom stereocenters. The van der Waals surface area contributed by atoms with Crippen LogP contribution in [0.1, 0.15) is 29.7 Å². The summed E-state index contributed by atoms with van der Waals surface area (Å²) in [4.78, 5) is 14.4. The molecule has 2 N–H and O–H groups in total. The van der Waals surface area contributed by atoms with Crippen molar-refractivity contribution in [2.45, 2.75) is 32.6 Å². The van der Waals surface area contributed by atoms with Crippen LogP contribution in [0.3, 0.4) is 0 Å². The second kappa shape index (κ2) is 6.01. The molecule has 0 spiro atoms. The van der Waals surface area contributed by atoms with E-state index in [4.69, 9.17) is 21.9 Å². The number of nitrogens with zero attached hydrogens (tertiary/aromatic N) is 2. The van der Waals surface area contributed by atoms with Crippen LogP contribution in [-0.2, 0) is 17.6 Å². The lowest BCUT2D eigenvalue weighted by molar-refractivity contribution is -0.118.